The highest BCUT2D eigenvalue weighted by Gasteiger charge is 2.42. The van der Waals surface area contributed by atoms with Crippen molar-refractivity contribution in [2.24, 2.45) is 0 Å². The van der Waals surface area contributed by atoms with Crippen LogP contribution in [0.5, 0.6) is 5.88 Å². The van der Waals surface area contributed by atoms with Gasteiger partial charge in [0.05, 0.1) is 36.6 Å². The zero-order valence-electron chi connectivity index (χ0n) is 26.7. The Hall–Kier alpha value is -4.56. The molecule has 256 valence electrons. The molecule has 2 aromatic heterocycles. The number of amides is 1. The summed E-state index contributed by atoms with van der Waals surface area (Å²) >= 11 is 0. The smallest absolute Gasteiger partial charge is 0.417 e. The molecule has 10 nitrogen and oxygen atoms in total. The third-order valence-corrected chi connectivity index (χ3v) is 9.01. The molecule has 6 atom stereocenters. The van der Waals surface area contributed by atoms with Gasteiger partial charge in [-0.3, -0.25) is 4.79 Å². The van der Waals surface area contributed by atoms with Gasteiger partial charge < -0.3 is 35.5 Å². The zero-order valence-corrected chi connectivity index (χ0v) is 26.7. The maximum absolute atomic E-state index is 12.5. The second-order valence-corrected chi connectivity index (χ2v) is 12.4. The second-order valence-electron chi connectivity index (χ2n) is 12.4. The molecule has 0 saturated carbocycles. The summed E-state index contributed by atoms with van der Waals surface area (Å²) in [7, 11) is 0. The number of ether oxygens (including phenoxy) is 3. The number of pyridine rings is 2. The first-order valence-electron chi connectivity index (χ1n) is 16.4. The van der Waals surface area contributed by atoms with Gasteiger partial charge in [-0.1, -0.05) is 30.3 Å². The highest BCUT2D eigenvalue weighted by molar-refractivity contribution is 6.02. The number of rotatable bonds is 8. The molecule has 4 saturated heterocycles. The summed E-state index contributed by atoms with van der Waals surface area (Å²) in [6, 6.07) is 23.8. The Balaban J connectivity index is 0.000000154. The number of hydrogen-bond acceptors (Lipinski definition) is 9. The molecule has 4 aliphatic rings. The van der Waals surface area contributed by atoms with Crippen molar-refractivity contribution in [3.8, 4) is 5.88 Å². The number of alkyl halides is 3. The van der Waals surface area contributed by atoms with E-state index in [2.05, 4.69) is 31.2 Å². The number of benzene rings is 2. The van der Waals surface area contributed by atoms with Crippen LogP contribution in [-0.4, -0.2) is 59.9 Å². The lowest BCUT2D eigenvalue weighted by molar-refractivity contribution is -0.137. The molecule has 0 spiro atoms. The van der Waals surface area contributed by atoms with Gasteiger partial charge in [0, 0.05) is 48.8 Å². The first kappa shape index (κ1) is 33.0. The summed E-state index contributed by atoms with van der Waals surface area (Å²) in [5.74, 6) is 0.562. The van der Waals surface area contributed by atoms with E-state index in [1.54, 1.807) is 18.2 Å². The van der Waals surface area contributed by atoms with E-state index in [0.29, 0.717) is 48.3 Å². The van der Waals surface area contributed by atoms with E-state index in [4.69, 9.17) is 14.2 Å². The molecule has 4 aromatic rings. The Kier molecular flexibility index (Phi) is 9.50. The van der Waals surface area contributed by atoms with E-state index >= 15 is 0 Å². The predicted molar refractivity (Wildman–Crippen MR) is 177 cm³/mol. The van der Waals surface area contributed by atoms with E-state index in [9.17, 15) is 18.0 Å². The fourth-order valence-electron chi connectivity index (χ4n) is 6.62. The van der Waals surface area contributed by atoms with Gasteiger partial charge in [-0.25, -0.2) is 9.97 Å². The maximum atomic E-state index is 12.5. The van der Waals surface area contributed by atoms with Gasteiger partial charge in [0.25, 0.3) is 5.91 Å². The summed E-state index contributed by atoms with van der Waals surface area (Å²) < 4.78 is 54.9. The van der Waals surface area contributed by atoms with E-state index in [1.807, 2.05) is 55.5 Å². The monoisotopic (exact) mass is 674 g/mol. The van der Waals surface area contributed by atoms with Gasteiger partial charge >= 0.3 is 6.18 Å². The van der Waals surface area contributed by atoms with Crippen molar-refractivity contribution in [3.63, 3.8) is 0 Å². The van der Waals surface area contributed by atoms with E-state index in [-0.39, 0.29) is 18.1 Å². The number of fused-ring (bicyclic) bond motifs is 4. The molecule has 13 heteroatoms. The number of carbonyl (C=O) groups is 1. The Morgan fingerprint density at radius 2 is 1.47 bits per heavy atom. The molecule has 0 radical (unpaired) electrons. The number of nitrogens with one attached hydrogen (secondary N) is 4. The lowest BCUT2D eigenvalue weighted by atomic mass is 10.0. The van der Waals surface area contributed by atoms with Crippen LogP contribution in [-0.2, 0) is 15.7 Å². The fraction of sp³-hybridized carbons (Fsp3) is 0.361. The molecule has 1 amide bonds. The maximum Gasteiger partial charge on any atom is 0.417 e. The van der Waals surface area contributed by atoms with Gasteiger partial charge in [-0.15, -0.1) is 0 Å². The zero-order chi connectivity index (χ0) is 34.0. The molecule has 0 unspecified atom stereocenters. The number of nitrogens with zero attached hydrogens (tertiary/aromatic N) is 2. The first-order chi connectivity index (χ1) is 23.7. The van der Waals surface area contributed by atoms with Crippen molar-refractivity contribution in [1.82, 2.24) is 20.6 Å². The molecule has 4 aliphatic heterocycles. The van der Waals surface area contributed by atoms with Crippen molar-refractivity contribution >= 4 is 23.1 Å². The van der Waals surface area contributed by atoms with Crippen molar-refractivity contribution in [2.75, 3.05) is 30.3 Å². The fourth-order valence-corrected chi connectivity index (χ4v) is 6.62. The quantitative estimate of drug-likeness (QED) is 0.174. The van der Waals surface area contributed by atoms with Crippen LogP contribution in [0.4, 0.5) is 30.4 Å². The van der Waals surface area contributed by atoms with Gasteiger partial charge in [-0.05, 0) is 73.4 Å². The third kappa shape index (κ3) is 7.70. The van der Waals surface area contributed by atoms with Crippen LogP contribution in [0.15, 0.2) is 85.1 Å². The highest BCUT2D eigenvalue weighted by atomic mass is 19.4. The molecule has 8 rings (SSSR count). The van der Waals surface area contributed by atoms with Crippen molar-refractivity contribution < 1.29 is 32.2 Å². The lowest BCUT2D eigenvalue weighted by Crippen LogP contribution is -2.33. The van der Waals surface area contributed by atoms with Crippen LogP contribution < -0.4 is 26.0 Å². The van der Waals surface area contributed by atoms with E-state index in [1.165, 1.54) is 6.07 Å². The topological polar surface area (TPSA) is 119 Å². The number of halogens is 3. The van der Waals surface area contributed by atoms with E-state index in [0.717, 1.165) is 60.7 Å². The molecule has 4 fully saturated rings. The van der Waals surface area contributed by atoms with Gasteiger partial charge in [-0.2, -0.15) is 13.2 Å². The van der Waals surface area contributed by atoms with Crippen molar-refractivity contribution in [3.05, 3.63) is 107 Å². The van der Waals surface area contributed by atoms with Crippen LogP contribution in [0, 0.1) is 0 Å². The largest absolute Gasteiger partial charge is 0.478 e. The molecular weight excluding hydrogens is 637 g/mol. The Labute approximate surface area is 281 Å². The second kappa shape index (κ2) is 14.1. The normalized spacial score (nSPS) is 25.1. The highest BCUT2D eigenvalue weighted by Crippen LogP contribution is 2.38. The van der Waals surface area contributed by atoms with Crippen LogP contribution in [0.25, 0.3) is 0 Å². The van der Waals surface area contributed by atoms with Gasteiger partial charge in [0.2, 0.25) is 5.88 Å². The molecule has 4 N–H and O–H groups in total. The average Bonchev–Trinajstić information content (AvgIpc) is 3.93. The Bertz CT molecular complexity index is 1740. The minimum Gasteiger partial charge on any atom is -0.478 e. The molecule has 6 heterocycles. The minimum atomic E-state index is -4.37. The van der Waals surface area contributed by atoms with E-state index < -0.39 is 11.7 Å². The standard InChI is InChI=1S/C19H21N3O3.C17H16F3N3O/c1-2-24-17-5-3-4-15(22-17)19(23)21-13-8-6-12(7-9-13)18-16-10-14(25-18)11-20-16;18-17(19,20)11-3-6-15(22-8-11)23-12-4-1-10(2-5-12)16-14-7-13(24-16)9-21-14/h3-9,14,16,18,20H,2,10-11H2,1H3,(H,21,23);1-6,8,13-14,16,21H,7,9H2,(H,22,23)/t14-,16-,18+;13-,14-,16+/m11/s1. The molecule has 4 bridgehead atoms. The summed E-state index contributed by atoms with van der Waals surface area (Å²) in [5, 5.41) is 12.8. The van der Waals surface area contributed by atoms with Crippen LogP contribution >= 0.6 is 0 Å². The number of anilines is 3. The average molecular weight is 675 g/mol. The first-order valence-corrected chi connectivity index (χ1v) is 16.4. The number of aromatic nitrogens is 2. The SMILES string of the molecule is CCOc1cccc(C(=O)Nc2ccc([C@@H]3O[C@H]4CN[C@@H]3C4)cc2)n1.FC(F)(F)c1ccc(Nc2ccc([C@@H]3O[C@H]4CN[C@@H]3C4)cc2)nc1. The molecular formula is C36H37F3N6O4. The van der Waals surface area contributed by atoms with Crippen LogP contribution in [0.3, 0.4) is 0 Å². The molecule has 2 aromatic carbocycles. The number of carbonyl (C=O) groups excluding carboxylic acids is 1. The minimum absolute atomic E-state index is 0.0713. The number of hydrogen-bond donors (Lipinski definition) is 4. The van der Waals surface area contributed by atoms with Crippen molar-refractivity contribution in [2.45, 2.75) is 62.4 Å². The lowest BCUT2D eigenvalue weighted by Gasteiger charge is -2.23. The molecule has 0 aliphatic carbocycles. The summed E-state index contributed by atoms with van der Waals surface area (Å²) in [4.78, 5) is 20.4. The summed E-state index contributed by atoms with van der Waals surface area (Å²) in [5.41, 5.74) is 3.30. The predicted octanol–water partition coefficient (Wildman–Crippen LogP) is 6.18. The van der Waals surface area contributed by atoms with Crippen LogP contribution in [0.2, 0.25) is 0 Å². The van der Waals surface area contributed by atoms with Gasteiger partial charge in [0.1, 0.15) is 11.5 Å². The Morgan fingerprint density at radius 3 is 1.96 bits per heavy atom. The van der Waals surface area contributed by atoms with Crippen molar-refractivity contribution in [1.29, 1.82) is 0 Å². The summed E-state index contributed by atoms with van der Waals surface area (Å²) in [6.45, 7) is 4.26. The number of morpholine rings is 2. The molecule has 49 heavy (non-hydrogen) atoms. The Morgan fingerprint density at radius 1 is 0.857 bits per heavy atom. The summed E-state index contributed by atoms with van der Waals surface area (Å²) in [6.07, 6.45) is -0.624. The van der Waals surface area contributed by atoms with Gasteiger partial charge in [0.15, 0.2) is 0 Å². The third-order valence-electron chi connectivity index (χ3n) is 9.01. The van der Waals surface area contributed by atoms with Crippen LogP contribution in [0.1, 0.15) is 59.2 Å².